The third-order valence-corrected chi connectivity index (χ3v) is 3.35. The summed E-state index contributed by atoms with van der Waals surface area (Å²) in [6, 6.07) is 11.1. The van der Waals surface area contributed by atoms with Gasteiger partial charge in [0.15, 0.2) is 18.1 Å². The van der Waals surface area contributed by atoms with Gasteiger partial charge in [0.25, 0.3) is 5.91 Å². The summed E-state index contributed by atoms with van der Waals surface area (Å²) in [4.78, 5) is 15.9. The summed E-state index contributed by atoms with van der Waals surface area (Å²) in [6.45, 7) is 3.98. The highest BCUT2D eigenvalue weighted by atomic mass is 16.5. The van der Waals surface area contributed by atoms with E-state index in [2.05, 4.69) is 10.3 Å². The van der Waals surface area contributed by atoms with Crippen molar-refractivity contribution in [3.8, 4) is 11.5 Å². The Morgan fingerprint density at radius 2 is 2.18 bits per heavy atom. The van der Waals surface area contributed by atoms with E-state index in [0.29, 0.717) is 11.6 Å². The van der Waals surface area contributed by atoms with E-state index in [1.807, 2.05) is 38.1 Å². The largest absolute Gasteiger partial charge is 0.483 e. The SMILES string of the molecule is CC1(C)Cc2cccc(OCC(=O)Nc3ccccn3)c2O1. The van der Waals surface area contributed by atoms with E-state index in [4.69, 9.17) is 9.47 Å². The molecule has 2 heterocycles. The van der Waals surface area contributed by atoms with Crippen molar-refractivity contribution in [2.75, 3.05) is 11.9 Å². The number of benzene rings is 1. The highest BCUT2D eigenvalue weighted by Gasteiger charge is 2.32. The zero-order valence-electron chi connectivity index (χ0n) is 12.6. The van der Waals surface area contributed by atoms with E-state index < -0.39 is 0 Å². The second kappa shape index (κ2) is 5.67. The highest BCUT2D eigenvalue weighted by molar-refractivity contribution is 5.90. The van der Waals surface area contributed by atoms with E-state index in [9.17, 15) is 4.79 Å². The Morgan fingerprint density at radius 3 is 2.95 bits per heavy atom. The maximum atomic E-state index is 11.9. The summed E-state index contributed by atoms with van der Waals surface area (Å²) in [5.74, 6) is 1.58. The highest BCUT2D eigenvalue weighted by Crippen LogP contribution is 2.41. The molecule has 5 nitrogen and oxygen atoms in total. The molecule has 0 radical (unpaired) electrons. The Labute approximate surface area is 129 Å². The number of nitrogens with one attached hydrogen (secondary N) is 1. The molecule has 0 aliphatic carbocycles. The minimum absolute atomic E-state index is 0.0865. The number of ether oxygens (including phenoxy) is 2. The molecule has 0 atom stereocenters. The molecule has 114 valence electrons. The topological polar surface area (TPSA) is 60.5 Å². The smallest absolute Gasteiger partial charge is 0.263 e. The van der Waals surface area contributed by atoms with Gasteiger partial charge >= 0.3 is 0 Å². The van der Waals surface area contributed by atoms with Gasteiger partial charge < -0.3 is 14.8 Å². The molecule has 3 rings (SSSR count). The molecule has 1 aliphatic rings. The number of hydrogen-bond acceptors (Lipinski definition) is 4. The summed E-state index contributed by atoms with van der Waals surface area (Å²) < 4.78 is 11.5. The first-order valence-electron chi connectivity index (χ1n) is 7.18. The lowest BCUT2D eigenvalue weighted by Gasteiger charge is -2.18. The average molecular weight is 298 g/mol. The molecule has 0 spiro atoms. The van der Waals surface area contributed by atoms with Crippen molar-refractivity contribution >= 4 is 11.7 Å². The number of para-hydroxylation sites is 1. The van der Waals surface area contributed by atoms with E-state index in [0.717, 1.165) is 17.7 Å². The molecule has 1 amide bonds. The monoisotopic (exact) mass is 298 g/mol. The average Bonchev–Trinajstić information content (AvgIpc) is 2.80. The fraction of sp³-hybridized carbons (Fsp3) is 0.294. The quantitative estimate of drug-likeness (QED) is 0.943. The normalized spacial score (nSPS) is 14.8. The molecule has 1 aromatic heterocycles. The van der Waals surface area contributed by atoms with E-state index in [1.165, 1.54) is 0 Å². The van der Waals surface area contributed by atoms with Gasteiger partial charge in [-0.3, -0.25) is 4.79 Å². The van der Waals surface area contributed by atoms with Crippen LogP contribution in [0.2, 0.25) is 0 Å². The van der Waals surface area contributed by atoms with Gasteiger partial charge in [-0.25, -0.2) is 4.98 Å². The molecule has 0 fully saturated rings. The van der Waals surface area contributed by atoms with Crippen LogP contribution in [0.1, 0.15) is 19.4 Å². The Morgan fingerprint density at radius 1 is 1.32 bits per heavy atom. The number of anilines is 1. The number of carbonyl (C=O) groups excluding carboxylic acids is 1. The minimum atomic E-state index is -0.256. The summed E-state index contributed by atoms with van der Waals surface area (Å²) in [5.41, 5.74) is 0.866. The second-order valence-corrected chi connectivity index (χ2v) is 5.83. The Hall–Kier alpha value is -2.56. The molecule has 1 N–H and O–H groups in total. The lowest BCUT2D eigenvalue weighted by Crippen LogP contribution is -2.25. The zero-order chi connectivity index (χ0) is 15.6. The molecule has 0 unspecified atom stereocenters. The van der Waals surface area contributed by atoms with Crippen LogP contribution in [0.15, 0.2) is 42.6 Å². The predicted octanol–water partition coefficient (Wildman–Crippen LogP) is 2.81. The van der Waals surface area contributed by atoms with Crippen molar-refractivity contribution in [1.82, 2.24) is 4.98 Å². The minimum Gasteiger partial charge on any atom is -0.483 e. The van der Waals surface area contributed by atoms with Gasteiger partial charge in [0.2, 0.25) is 0 Å². The van der Waals surface area contributed by atoms with E-state index in [-0.39, 0.29) is 18.1 Å². The van der Waals surface area contributed by atoms with E-state index >= 15 is 0 Å². The van der Waals surface area contributed by atoms with Crippen LogP contribution in [-0.4, -0.2) is 23.1 Å². The summed E-state index contributed by atoms with van der Waals surface area (Å²) in [6.07, 6.45) is 2.45. The number of nitrogens with zero attached hydrogens (tertiary/aromatic N) is 1. The van der Waals surface area contributed by atoms with Gasteiger partial charge in [-0.2, -0.15) is 0 Å². The van der Waals surface area contributed by atoms with Gasteiger partial charge in [-0.1, -0.05) is 18.2 Å². The first-order chi connectivity index (χ1) is 10.5. The van der Waals surface area contributed by atoms with Gasteiger partial charge in [0.1, 0.15) is 11.4 Å². The number of carbonyl (C=O) groups is 1. The van der Waals surface area contributed by atoms with Crippen LogP contribution in [0, 0.1) is 0 Å². The standard InChI is InChI=1S/C17H18N2O3/c1-17(2)10-12-6-5-7-13(16(12)22-17)21-11-15(20)19-14-8-3-4-9-18-14/h3-9H,10-11H2,1-2H3,(H,18,19,20). The molecular weight excluding hydrogens is 280 g/mol. The Bertz CT molecular complexity index is 684. The number of pyridine rings is 1. The van der Waals surface area contributed by atoms with Gasteiger partial charge in [-0.05, 0) is 32.0 Å². The van der Waals surface area contributed by atoms with Gasteiger partial charge in [-0.15, -0.1) is 0 Å². The van der Waals surface area contributed by atoms with Gasteiger partial charge in [0.05, 0.1) is 0 Å². The molecule has 1 aliphatic heterocycles. The van der Waals surface area contributed by atoms with Crippen LogP contribution in [0.5, 0.6) is 11.5 Å². The molecule has 0 saturated heterocycles. The van der Waals surface area contributed by atoms with Crippen LogP contribution in [0.25, 0.3) is 0 Å². The van der Waals surface area contributed by atoms with Crippen molar-refractivity contribution in [2.45, 2.75) is 25.9 Å². The third kappa shape index (κ3) is 3.19. The molecule has 0 bridgehead atoms. The summed E-state index contributed by atoms with van der Waals surface area (Å²) in [7, 11) is 0. The first kappa shape index (κ1) is 14.4. The van der Waals surface area contributed by atoms with Crippen molar-refractivity contribution in [3.63, 3.8) is 0 Å². The number of amides is 1. The number of rotatable bonds is 4. The summed E-state index contributed by atoms with van der Waals surface area (Å²) in [5, 5.41) is 2.68. The van der Waals surface area contributed by atoms with Crippen LogP contribution < -0.4 is 14.8 Å². The number of hydrogen-bond donors (Lipinski definition) is 1. The molecule has 0 saturated carbocycles. The number of aromatic nitrogens is 1. The first-order valence-corrected chi connectivity index (χ1v) is 7.18. The maximum absolute atomic E-state index is 11.9. The Kier molecular flexibility index (Phi) is 3.71. The lowest BCUT2D eigenvalue weighted by molar-refractivity contribution is -0.118. The fourth-order valence-electron chi connectivity index (χ4n) is 2.46. The van der Waals surface area contributed by atoms with E-state index in [1.54, 1.807) is 18.3 Å². The van der Waals surface area contributed by atoms with Crippen molar-refractivity contribution in [1.29, 1.82) is 0 Å². The third-order valence-electron chi connectivity index (χ3n) is 3.35. The molecule has 1 aromatic carbocycles. The van der Waals surface area contributed by atoms with Crippen molar-refractivity contribution in [2.24, 2.45) is 0 Å². The Balaban J connectivity index is 1.63. The van der Waals surface area contributed by atoms with Crippen LogP contribution in [0.4, 0.5) is 5.82 Å². The fourth-order valence-corrected chi connectivity index (χ4v) is 2.46. The predicted molar refractivity (Wildman–Crippen MR) is 83.2 cm³/mol. The lowest BCUT2D eigenvalue weighted by atomic mass is 10.0. The summed E-state index contributed by atoms with van der Waals surface area (Å²) >= 11 is 0. The molecule has 5 heteroatoms. The van der Waals surface area contributed by atoms with Crippen LogP contribution in [-0.2, 0) is 11.2 Å². The number of fused-ring (bicyclic) bond motifs is 1. The molecule has 22 heavy (non-hydrogen) atoms. The molecular formula is C17H18N2O3. The van der Waals surface area contributed by atoms with Crippen LogP contribution in [0.3, 0.4) is 0 Å². The van der Waals surface area contributed by atoms with Gasteiger partial charge in [0, 0.05) is 18.2 Å². The maximum Gasteiger partial charge on any atom is 0.263 e. The van der Waals surface area contributed by atoms with Crippen molar-refractivity contribution in [3.05, 3.63) is 48.2 Å². The molecule has 2 aromatic rings. The zero-order valence-corrected chi connectivity index (χ0v) is 12.6. The van der Waals surface area contributed by atoms with Crippen molar-refractivity contribution < 1.29 is 14.3 Å². The van der Waals surface area contributed by atoms with Crippen LogP contribution >= 0.6 is 0 Å². The second-order valence-electron chi connectivity index (χ2n) is 5.83.